The first-order valence-corrected chi connectivity index (χ1v) is 5.06. The van der Waals surface area contributed by atoms with E-state index in [9.17, 15) is 13.2 Å². The number of nitrogens with zero attached hydrogens (tertiary/aromatic N) is 3. The van der Waals surface area contributed by atoms with Crippen molar-refractivity contribution in [2.75, 3.05) is 0 Å². The second-order valence-corrected chi connectivity index (χ2v) is 3.48. The Morgan fingerprint density at radius 1 is 1.05 bits per heavy atom. The number of halogens is 3. The molecule has 1 aromatic carbocycles. The monoisotopic (exact) mass is 265 g/mol. The number of benzene rings is 1. The highest BCUT2D eigenvalue weighted by molar-refractivity contribution is 5.56. The lowest BCUT2D eigenvalue weighted by Crippen LogP contribution is -2.16. The van der Waals surface area contributed by atoms with Crippen LogP contribution in [0.25, 0.3) is 11.4 Å². The Bertz CT molecular complexity index is 600. The molecule has 1 aromatic heterocycles. The van der Waals surface area contributed by atoms with Crippen molar-refractivity contribution in [1.29, 1.82) is 5.26 Å². The lowest BCUT2D eigenvalue weighted by molar-refractivity contribution is -0.274. The number of nitriles is 1. The Morgan fingerprint density at radius 2 is 1.63 bits per heavy atom. The second-order valence-electron chi connectivity index (χ2n) is 3.48. The molecule has 0 aliphatic carbocycles. The van der Waals surface area contributed by atoms with Crippen molar-refractivity contribution >= 4 is 0 Å². The van der Waals surface area contributed by atoms with Gasteiger partial charge in [0, 0.05) is 18.0 Å². The summed E-state index contributed by atoms with van der Waals surface area (Å²) in [5.41, 5.74) is 0.833. The van der Waals surface area contributed by atoms with E-state index in [2.05, 4.69) is 14.7 Å². The summed E-state index contributed by atoms with van der Waals surface area (Å²) in [5, 5.41) is 8.59. The molecule has 0 aliphatic heterocycles. The van der Waals surface area contributed by atoms with E-state index in [1.54, 1.807) is 0 Å². The minimum atomic E-state index is -4.72. The van der Waals surface area contributed by atoms with Crippen molar-refractivity contribution in [3.63, 3.8) is 0 Å². The third kappa shape index (κ3) is 3.42. The summed E-state index contributed by atoms with van der Waals surface area (Å²) in [4.78, 5) is 7.85. The van der Waals surface area contributed by atoms with Crippen molar-refractivity contribution < 1.29 is 17.9 Å². The largest absolute Gasteiger partial charge is 0.573 e. The van der Waals surface area contributed by atoms with Crippen molar-refractivity contribution in [3.8, 4) is 23.2 Å². The lowest BCUT2D eigenvalue weighted by Gasteiger charge is -2.08. The third-order valence-corrected chi connectivity index (χ3v) is 2.13. The van der Waals surface area contributed by atoms with Crippen LogP contribution in [0.4, 0.5) is 13.2 Å². The van der Waals surface area contributed by atoms with Gasteiger partial charge < -0.3 is 4.74 Å². The lowest BCUT2D eigenvalue weighted by atomic mass is 10.2. The van der Waals surface area contributed by atoms with Gasteiger partial charge in [-0.15, -0.1) is 13.2 Å². The summed E-state index contributed by atoms with van der Waals surface area (Å²) >= 11 is 0. The molecule has 7 heteroatoms. The van der Waals surface area contributed by atoms with Crippen LogP contribution < -0.4 is 4.74 Å². The quantitative estimate of drug-likeness (QED) is 0.837. The molecule has 0 aliphatic rings. The molecule has 0 atom stereocenters. The summed E-state index contributed by atoms with van der Waals surface area (Å²) in [7, 11) is 0. The molecule has 0 radical (unpaired) electrons. The van der Waals surface area contributed by atoms with Crippen molar-refractivity contribution in [2.24, 2.45) is 0 Å². The fourth-order valence-corrected chi connectivity index (χ4v) is 1.34. The van der Waals surface area contributed by atoms with E-state index in [0.29, 0.717) is 17.0 Å². The number of rotatable bonds is 2. The molecule has 96 valence electrons. The molecule has 2 aromatic rings. The predicted molar refractivity (Wildman–Crippen MR) is 58.9 cm³/mol. The van der Waals surface area contributed by atoms with E-state index < -0.39 is 6.36 Å². The standard InChI is InChI=1S/C12H6F3N3O/c13-12(14,15)19-10-3-1-9(2-4-10)11-17-6-8(5-16)7-18-11/h1-4,6-7H. The van der Waals surface area contributed by atoms with Gasteiger partial charge in [-0.25, -0.2) is 9.97 Å². The molecule has 4 nitrogen and oxygen atoms in total. The molecule has 0 saturated heterocycles. The maximum absolute atomic E-state index is 12.0. The fourth-order valence-electron chi connectivity index (χ4n) is 1.34. The summed E-state index contributed by atoms with van der Waals surface area (Å²) < 4.78 is 39.7. The van der Waals surface area contributed by atoms with Gasteiger partial charge in [0.05, 0.1) is 5.56 Å². The van der Waals surface area contributed by atoms with Crippen LogP contribution in [0.5, 0.6) is 5.75 Å². The molecule has 2 rings (SSSR count). The molecular formula is C12H6F3N3O. The van der Waals surface area contributed by atoms with Crippen LogP contribution in [0.1, 0.15) is 5.56 Å². The van der Waals surface area contributed by atoms with E-state index in [1.165, 1.54) is 36.7 Å². The maximum atomic E-state index is 12.0. The first-order chi connectivity index (χ1) is 8.98. The Balaban J connectivity index is 2.20. The predicted octanol–water partition coefficient (Wildman–Crippen LogP) is 2.91. The highest BCUT2D eigenvalue weighted by Gasteiger charge is 2.30. The highest BCUT2D eigenvalue weighted by Crippen LogP contribution is 2.24. The van der Waals surface area contributed by atoms with Crippen LogP contribution in [0.2, 0.25) is 0 Å². The highest BCUT2D eigenvalue weighted by atomic mass is 19.4. The SMILES string of the molecule is N#Cc1cnc(-c2ccc(OC(F)(F)F)cc2)nc1. The molecular weight excluding hydrogens is 259 g/mol. The van der Waals surface area contributed by atoms with E-state index in [4.69, 9.17) is 5.26 Å². The van der Waals surface area contributed by atoms with Crippen LogP contribution in [0.3, 0.4) is 0 Å². The topological polar surface area (TPSA) is 58.8 Å². The van der Waals surface area contributed by atoms with E-state index in [-0.39, 0.29) is 5.75 Å². The normalized spacial score (nSPS) is 10.8. The van der Waals surface area contributed by atoms with Gasteiger partial charge in [-0.2, -0.15) is 5.26 Å². The molecule has 1 heterocycles. The number of aromatic nitrogens is 2. The molecule has 0 spiro atoms. The third-order valence-electron chi connectivity index (χ3n) is 2.13. The zero-order valence-corrected chi connectivity index (χ0v) is 9.35. The van der Waals surface area contributed by atoms with Gasteiger partial charge in [0.15, 0.2) is 5.82 Å². The first-order valence-electron chi connectivity index (χ1n) is 5.06. The van der Waals surface area contributed by atoms with Gasteiger partial charge in [-0.05, 0) is 24.3 Å². The van der Waals surface area contributed by atoms with Crippen molar-refractivity contribution in [2.45, 2.75) is 6.36 Å². The summed E-state index contributed by atoms with van der Waals surface area (Å²) in [6.45, 7) is 0. The molecule has 0 unspecified atom stereocenters. The number of ether oxygens (including phenoxy) is 1. The summed E-state index contributed by atoms with van der Waals surface area (Å²) in [6, 6.07) is 7.02. The van der Waals surface area contributed by atoms with Crippen LogP contribution in [-0.2, 0) is 0 Å². The summed E-state index contributed by atoms with van der Waals surface area (Å²) in [6.07, 6.45) is -2.04. The minimum Gasteiger partial charge on any atom is -0.406 e. The molecule has 19 heavy (non-hydrogen) atoms. The molecule has 0 N–H and O–H groups in total. The number of alkyl halides is 3. The van der Waals surface area contributed by atoms with E-state index >= 15 is 0 Å². The van der Waals surface area contributed by atoms with Gasteiger partial charge in [-0.1, -0.05) is 0 Å². The maximum Gasteiger partial charge on any atom is 0.573 e. The second kappa shape index (κ2) is 4.94. The zero-order chi connectivity index (χ0) is 13.9. The Morgan fingerprint density at radius 3 is 2.11 bits per heavy atom. The minimum absolute atomic E-state index is 0.306. The van der Waals surface area contributed by atoms with Gasteiger partial charge in [0.1, 0.15) is 11.8 Å². The van der Waals surface area contributed by atoms with E-state index in [0.717, 1.165) is 0 Å². The first kappa shape index (κ1) is 12.8. The molecule has 0 bridgehead atoms. The summed E-state index contributed by atoms with van der Waals surface area (Å²) in [5.74, 6) is 0.00227. The Hall–Kier alpha value is -2.62. The van der Waals surface area contributed by atoms with Crippen molar-refractivity contribution in [1.82, 2.24) is 9.97 Å². The van der Waals surface area contributed by atoms with Gasteiger partial charge >= 0.3 is 6.36 Å². The van der Waals surface area contributed by atoms with E-state index in [1.807, 2.05) is 6.07 Å². The fraction of sp³-hybridized carbons (Fsp3) is 0.0833. The molecule has 0 fully saturated rings. The number of hydrogen-bond donors (Lipinski definition) is 0. The van der Waals surface area contributed by atoms with Gasteiger partial charge in [0.2, 0.25) is 0 Å². The Kier molecular flexibility index (Phi) is 3.33. The van der Waals surface area contributed by atoms with Crippen LogP contribution >= 0.6 is 0 Å². The van der Waals surface area contributed by atoms with Crippen LogP contribution in [0, 0.1) is 11.3 Å². The average Bonchev–Trinajstić information content (AvgIpc) is 2.38. The van der Waals surface area contributed by atoms with Crippen LogP contribution in [0.15, 0.2) is 36.7 Å². The smallest absolute Gasteiger partial charge is 0.406 e. The number of hydrogen-bond acceptors (Lipinski definition) is 4. The van der Waals surface area contributed by atoms with Crippen LogP contribution in [-0.4, -0.2) is 16.3 Å². The van der Waals surface area contributed by atoms with Gasteiger partial charge in [-0.3, -0.25) is 0 Å². The van der Waals surface area contributed by atoms with Crippen molar-refractivity contribution in [3.05, 3.63) is 42.2 Å². The Labute approximate surface area is 106 Å². The molecule has 0 amide bonds. The zero-order valence-electron chi connectivity index (χ0n) is 9.35. The van der Waals surface area contributed by atoms with Gasteiger partial charge in [0.25, 0.3) is 0 Å². The molecule has 0 saturated carbocycles. The average molecular weight is 265 g/mol.